The third-order valence-electron chi connectivity index (χ3n) is 3.74. The first-order valence-electron chi connectivity index (χ1n) is 7.86. The van der Waals surface area contributed by atoms with Crippen molar-refractivity contribution in [3.05, 3.63) is 46.9 Å². The molecule has 1 unspecified atom stereocenters. The van der Waals surface area contributed by atoms with Gasteiger partial charge in [-0.2, -0.15) is 0 Å². The fraction of sp³-hybridized carbons (Fsp3) is 0.235. The maximum absolute atomic E-state index is 12.5. The molecule has 1 fully saturated rings. The second-order valence-corrected chi connectivity index (χ2v) is 6.35. The molecule has 1 aliphatic heterocycles. The number of rotatable bonds is 5. The van der Waals surface area contributed by atoms with E-state index in [4.69, 9.17) is 0 Å². The van der Waals surface area contributed by atoms with Gasteiger partial charge in [0.2, 0.25) is 11.8 Å². The van der Waals surface area contributed by atoms with E-state index >= 15 is 0 Å². The molecule has 6 nitrogen and oxygen atoms in total. The summed E-state index contributed by atoms with van der Waals surface area (Å²) in [5.74, 6) is -1.25. The Bertz CT molecular complexity index is 853. The summed E-state index contributed by atoms with van der Waals surface area (Å²) >= 11 is 1.39. The monoisotopic (exact) mass is 397 g/mol. The van der Waals surface area contributed by atoms with E-state index in [-0.39, 0.29) is 12.2 Å². The third-order valence-corrected chi connectivity index (χ3v) is 4.35. The Morgan fingerprint density at radius 2 is 2.22 bits per heavy atom. The number of benzene rings is 1. The van der Waals surface area contributed by atoms with Crippen LogP contribution in [0.15, 0.2) is 41.2 Å². The molecule has 10 heteroatoms. The van der Waals surface area contributed by atoms with E-state index in [0.717, 1.165) is 12.1 Å². The van der Waals surface area contributed by atoms with Gasteiger partial charge in [0.1, 0.15) is 11.8 Å². The Labute approximate surface area is 156 Å². The number of hydrogen-bond acceptors (Lipinski definition) is 5. The molecule has 3 rings (SSSR count). The summed E-state index contributed by atoms with van der Waals surface area (Å²) in [7, 11) is 0. The number of thiazole rings is 1. The van der Waals surface area contributed by atoms with Crippen molar-refractivity contribution in [2.45, 2.75) is 18.8 Å². The second kappa shape index (κ2) is 7.78. The molecule has 142 valence electrons. The standard InChI is InChI=1S/C17H14F3N3O3S/c18-17(19,20)26-13-3-1-2-12(8-13)23-7-6-14(16(23)25)22-15(24)5-4-11-9-27-10-21-11/h1-5,8-10,14H,6-7H2,(H,22,24)/b5-4+. The van der Waals surface area contributed by atoms with Crippen molar-refractivity contribution in [2.24, 2.45) is 0 Å². The van der Waals surface area contributed by atoms with Crippen molar-refractivity contribution in [1.29, 1.82) is 0 Å². The zero-order chi connectivity index (χ0) is 19.4. The topological polar surface area (TPSA) is 71.5 Å². The zero-order valence-electron chi connectivity index (χ0n) is 13.8. The summed E-state index contributed by atoms with van der Waals surface area (Å²) in [6, 6.07) is 4.42. The van der Waals surface area contributed by atoms with Crippen LogP contribution in [0.1, 0.15) is 12.1 Å². The van der Waals surface area contributed by atoms with Crippen molar-refractivity contribution in [1.82, 2.24) is 10.3 Å². The molecule has 1 aliphatic rings. The first kappa shape index (κ1) is 18.9. The van der Waals surface area contributed by atoms with Crippen LogP contribution >= 0.6 is 11.3 Å². The fourth-order valence-electron chi connectivity index (χ4n) is 2.60. The molecule has 27 heavy (non-hydrogen) atoms. The molecule has 0 radical (unpaired) electrons. The average Bonchev–Trinajstić information content (AvgIpc) is 3.22. The minimum absolute atomic E-state index is 0.273. The van der Waals surface area contributed by atoms with E-state index in [1.807, 2.05) is 0 Å². The number of alkyl halides is 3. The molecule has 0 bridgehead atoms. The van der Waals surface area contributed by atoms with E-state index in [9.17, 15) is 22.8 Å². The number of carbonyl (C=O) groups excluding carboxylic acids is 2. The molecular formula is C17H14F3N3O3S. The lowest BCUT2D eigenvalue weighted by Crippen LogP contribution is -2.40. The van der Waals surface area contributed by atoms with Crippen LogP contribution in [0.4, 0.5) is 18.9 Å². The first-order valence-corrected chi connectivity index (χ1v) is 8.80. The highest BCUT2D eigenvalue weighted by Gasteiger charge is 2.34. The summed E-state index contributed by atoms with van der Waals surface area (Å²) in [6.45, 7) is 0.273. The zero-order valence-corrected chi connectivity index (χ0v) is 14.6. The average molecular weight is 397 g/mol. The van der Waals surface area contributed by atoms with E-state index in [0.29, 0.717) is 12.1 Å². The van der Waals surface area contributed by atoms with E-state index in [1.54, 1.807) is 10.9 Å². The summed E-state index contributed by atoms with van der Waals surface area (Å²) in [6.07, 6.45) is -1.66. The van der Waals surface area contributed by atoms with Crippen molar-refractivity contribution in [3.8, 4) is 5.75 Å². The van der Waals surface area contributed by atoms with Gasteiger partial charge in [0, 0.05) is 29.8 Å². The first-order chi connectivity index (χ1) is 12.8. The molecule has 0 spiro atoms. The van der Waals surface area contributed by atoms with Gasteiger partial charge >= 0.3 is 6.36 Å². The maximum Gasteiger partial charge on any atom is 0.573 e. The molecule has 1 N–H and O–H groups in total. The number of amides is 2. The lowest BCUT2D eigenvalue weighted by molar-refractivity contribution is -0.274. The predicted molar refractivity (Wildman–Crippen MR) is 93.2 cm³/mol. The Morgan fingerprint density at radius 1 is 1.41 bits per heavy atom. The van der Waals surface area contributed by atoms with Crippen molar-refractivity contribution in [2.75, 3.05) is 11.4 Å². The van der Waals surface area contributed by atoms with E-state index in [2.05, 4.69) is 15.0 Å². The summed E-state index contributed by atoms with van der Waals surface area (Å²) in [5.41, 5.74) is 2.54. The number of nitrogens with zero attached hydrogens (tertiary/aromatic N) is 2. The lowest BCUT2D eigenvalue weighted by Gasteiger charge is -2.18. The van der Waals surface area contributed by atoms with Crippen LogP contribution in [0.2, 0.25) is 0 Å². The van der Waals surface area contributed by atoms with E-state index in [1.165, 1.54) is 40.5 Å². The number of nitrogens with one attached hydrogen (secondary N) is 1. The Balaban J connectivity index is 1.63. The molecule has 2 aromatic rings. The molecule has 0 aliphatic carbocycles. The van der Waals surface area contributed by atoms with Gasteiger partial charge in [-0.15, -0.1) is 24.5 Å². The quantitative estimate of drug-likeness (QED) is 0.788. The van der Waals surface area contributed by atoms with Crippen LogP contribution in [0.25, 0.3) is 6.08 Å². The molecule has 1 aromatic carbocycles. The summed E-state index contributed by atoms with van der Waals surface area (Å²) < 4.78 is 40.9. The normalized spacial score (nSPS) is 17.5. The Morgan fingerprint density at radius 3 is 2.93 bits per heavy atom. The van der Waals surface area contributed by atoms with Crippen LogP contribution in [0.5, 0.6) is 5.75 Å². The molecular weight excluding hydrogens is 383 g/mol. The van der Waals surface area contributed by atoms with Gasteiger partial charge in [-0.25, -0.2) is 4.98 Å². The van der Waals surface area contributed by atoms with Gasteiger partial charge in [-0.3, -0.25) is 9.59 Å². The van der Waals surface area contributed by atoms with Crippen molar-refractivity contribution in [3.63, 3.8) is 0 Å². The number of aromatic nitrogens is 1. The highest BCUT2D eigenvalue weighted by molar-refractivity contribution is 7.07. The second-order valence-electron chi connectivity index (χ2n) is 5.63. The largest absolute Gasteiger partial charge is 0.573 e. The van der Waals surface area contributed by atoms with Crippen LogP contribution in [0, 0.1) is 0 Å². The van der Waals surface area contributed by atoms with Crippen LogP contribution in [0.3, 0.4) is 0 Å². The maximum atomic E-state index is 12.5. The van der Waals surface area contributed by atoms with Gasteiger partial charge in [-0.1, -0.05) is 6.07 Å². The van der Waals surface area contributed by atoms with Crippen molar-refractivity contribution < 1.29 is 27.5 Å². The molecule has 1 saturated heterocycles. The van der Waals surface area contributed by atoms with Gasteiger partial charge in [0.15, 0.2) is 0 Å². The van der Waals surface area contributed by atoms with Crippen LogP contribution in [-0.4, -0.2) is 35.7 Å². The van der Waals surface area contributed by atoms with Crippen molar-refractivity contribution >= 4 is 34.9 Å². The third kappa shape index (κ3) is 5.07. The highest BCUT2D eigenvalue weighted by atomic mass is 32.1. The molecule has 2 heterocycles. The summed E-state index contributed by atoms with van der Waals surface area (Å²) in [5, 5.41) is 4.36. The Hall–Kier alpha value is -2.88. The highest BCUT2D eigenvalue weighted by Crippen LogP contribution is 2.29. The van der Waals surface area contributed by atoms with Gasteiger partial charge < -0.3 is 15.0 Å². The molecule has 0 saturated carbocycles. The van der Waals surface area contributed by atoms with Gasteiger partial charge in [0.05, 0.1) is 11.2 Å². The molecule has 2 amide bonds. The minimum atomic E-state index is -4.81. The SMILES string of the molecule is O=C(/C=C/c1cscn1)NC1CCN(c2cccc(OC(F)(F)F)c2)C1=O. The number of hydrogen-bond donors (Lipinski definition) is 1. The smallest absolute Gasteiger partial charge is 0.406 e. The van der Waals surface area contributed by atoms with E-state index < -0.39 is 30.0 Å². The lowest BCUT2D eigenvalue weighted by atomic mass is 10.2. The number of ether oxygens (including phenoxy) is 1. The van der Waals surface area contributed by atoms with Gasteiger partial charge in [0.25, 0.3) is 0 Å². The number of anilines is 1. The minimum Gasteiger partial charge on any atom is -0.406 e. The molecule has 1 aromatic heterocycles. The predicted octanol–water partition coefficient (Wildman–Crippen LogP) is 2.98. The van der Waals surface area contributed by atoms with Crippen LogP contribution in [-0.2, 0) is 9.59 Å². The van der Waals surface area contributed by atoms with Gasteiger partial charge in [-0.05, 0) is 24.6 Å². The number of halogens is 3. The number of carbonyl (C=O) groups is 2. The molecule has 1 atom stereocenters. The van der Waals surface area contributed by atoms with Crippen LogP contribution < -0.4 is 15.0 Å². The summed E-state index contributed by atoms with van der Waals surface area (Å²) in [4.78, 5) is 29.8. The Kier molecular flexibility index (Phi) is 5.45. The fourth-order valence-corrected chi connectivity index (χ4v) is 3.13.